The third-order valence-electron chi connectivity index (χ3n) is 2.45. The molecule has 3 N–H and O–H groups in total. The topological polar surface area (TPSA) is 88.4 Å². The lowest BCUT2D eigenvalue weighted by atomic mass is 10.1. The summed E-state index contributed by atoms with van der Waals surface area (Å²) in [5.41, 5.74) is 1.61. The van der Waals surface area contributed by atoms with E-state index in [1.54, 1.807) is 6.07 Å². The molecule has 1 aromatic carbocycles. The number of hydrogen-bond acceptors (Lipinski definition) is 6. The largest absolute Gasteiger partial charge is 0.491 e. The van der Waals surface area contributed by atoms with Crippen molar-refractivity contribution in [3.05, 3.63) is 29.3 Å². The molecule has 114 valence electrons. The second-order valence-corrected chi connectivity index (χ2v) is 4.10. The van der Waals surface area contributed by atoms with Crippen molar-refractivity contribution in [2.24, 2.45) is 0 Å². The highest BCUT2D eigenvalue weighted by Gasteiger charge is 2.02. The van der Waals surface area contributed by atoms with Crippen LogP contribution >= 0.6 is 0 Å². The normalized spacial score (nSPS) is 10.8. The lowest BCUT2D eigenvalue weighted by molar-refractivity contribution is 0.0700. The molecule has 0 saturated carbocycles. The highest BCUT2D eigenvalue weighted by Crippen LogP contribution is 2.18. The van der Waals surface area contributed by atoms with Gasteiger partial charge in [0.05, 0.1) is 46.2 Å². The van der Waals surface area contributed by atoms with Gasteiger partial charge in [-0.2, -0.15) is 0 Å². The molecule has 0 atom stereocenters. The smallest absolute Gasteiger partial charge is 0.120 e. The van der Waals surface area contributed by atoms with Crippen LogP contribution in [0.1, 0.15) is 11.1 Å². The number of rotatable bonds is 11. The molecule has 0 aromatic heterocycles. The van der Waals surface area contributed by atoms with Crippen LogP contribution < -0.4 is 4.74 Å². The fourth-order valence-electron chi connectivity index (χ4n) is 1.63. The van der Waals surface area contributed by atoms with E-state index in [1.165, 1.54) is 0 Å². The maximum atomic E-state index is 9.21. The Morgan fingerprint density at radius 2 is 1.45 bits per heavy atom. The van der Waals surface area contributed by atoms with Crippen LogP contribution in [0, 0.1) is 0 Å². The molecule has 0 unspecified atom stereocenters. The van der Waals surface area contributed by atoms with Crippen LogP contribution in [0.3, 0.4) is 0 Å². The van der Waals surface area contributed by atoms with Crippen LogP contribution in [-0.4, -0.2) is 55.0 Å². The summed E-state index contributed by atoms with van der Waals surface area (Å²) in [6.07, 6.45) is 0. The maximum absolute atomic E-state index is 9.21. The molecule has 1 aromatic rings. The first kappa shape index (κ1) is 16.9. The monoisotopic (exact) mass is 286 g/mol. The Labute approximate surface area is 118 Å². The Morgan fingerprint density at radius 3 is 2.15 bits per heavy atom. The zero-order chi connectivity index (χ0) is 14.6. The molecule has 0 aliphatic heterocycles. The van der Waals surface area contributed by atoms with Gasteiger partial charge in [0.2, 0.25) is 0 Å². The molecule has 0 aliphatic carbocycles. The molecule has 20 heavy (non-hydrogen) atoms. The minimum atomic E-state index is -0.0782. The molecular formula is C14H22O6. The minimum absolute atomic E-state index is 0.00760. The van der Waals surface area contributed by atoms with E-state index in [0.717, 1.165) is 11.1 Å². The van der Waals surface area contributed by atoms with Gasteiger partial charge in [-0.25, -0.2) is 0 Å². The molecule has 1 rings (SSSR count). The van der Waals surface area contributed by atoms with Gasteiger partial charge in [0.25, 0.3) is 0 Å². The van der Waals surface area contributed by atoms with Gasteiger partial charge in [-0.05, 0) is 23.3 Å². The summed E-state index contributed by atoms with van der Waals surface area (Å²) in [4.78, 5) is 0. The number of aliphatic hydroxyl groups is 3. The van der Waals surface area contributed by atoms with E-state index in [1.807, 2.05) is 12.1 Å². The van der Waals surface area contributed by atoms with E-state index < -0.39 is 0 Å². The van der Waals surface area contributed by atoms with Crippen molar-refractivity contribution in [2.45, 2.75) is 13.2 Å². The molecule has 0 heterocycles. The molecule has 0 radical (unpaired) electrons. The van der Waals surface area contributed by atoms with E-state index in [-0.39, 0.29) is 26.4 Å². The Morgan fingerprint density at radius 1 is 0.750 bits per heavy atom. The molecule has 0 amide bonds. The van der Waals surface area contributed by atoms with E-state index in [2.05, 4.69) is 0 Å². The predicted octanol–water partition coefficient (Wildman–Crippen LogP) is 0.0755. The van der Waals surface area contributed by atoms with E-state index >= 15 is 0 Å². The number of ether oxygens (including phenoxy) is 3. The summed E-state index contributed by atoms with van der Waals surface area (Å²) in [5.74, 6) is 0.631. The Hall–Kier alpha value is -1.18. The second-order valence-electron chi connectivity index (χ2n) is 4.10. The van der Waals surface area contributed by atoms with Crippen LogP contribution in [0.25, 0.3) is 0 Å². The first-order valence-corrected chi connectivity index (χ1v) is 6.54. The zero-order valence-corrected chi connectivity index (χ0v) is 11.5. The van der Waals surface area contributed by atoms with Gasteiger partial charge in [0, 0.05) is 0 Å². The van der Waals surface area contributed by atoms with Gasteiger partial charge >= 0.3 is 0 Å². The third-order valence-corrected chi connectivity index (χ3v) is 2.45. The van der Waals surface area contributed by atoms with Crippen molar-refractivity contribution < 1.29 is 29.5 Å². The van der Waals surface area contributed by atoms with Gasteiger partial charge in [0.1, 0.15) is 12.4 Å². The summed E-state index contributed by atoms with van der Waals surface area (Å²) in [7, 11) is 0. The summed E-state index contributed by atoms with van der Waals surface area (Å²) in [6.45, 7) is 1.56. The van der Waals surface area contributed by atoms with Gasteiger partial charge in [-0.15, -0.1) is 0 Å². The lowest BCUT2D eigenvalue weighted by Crippen LogP contribution is -2.09. The number of hydrogen-bond donors (Lipinski definition) is 3. The predicted molar refractivity (Wildman–Crippen MR) is 72.5 cm³/mol. The van der Waals surface area contributed by atoms with Crippen LogP contribution in [0.5, 0.6) is 5.75 Å². The number of benzene rings is 1. The van der Waals surface area contributed by atoms with Crippen molar-refractivity contribution in [3.63, 3.8) is 0 Å². The number of aliphatic hydroxyl groups excluding tert-OH is 3. The lowest BCUT2D eigenvalue weighted by Gasteiger charge is -2.11. The Bertz CT molecular complexity index is 369. The summed E-state index contributed by atoms with van der Waals surface area (Å²) >= 11 is 0. The van der Waals surface area contributed by atoms with E-state index in [4.69, 9.17) is 24.4 Å². The molecule has 6 nitrogen and oxygen atoms in total. The Kier molecular flexibility index (Phi) is 8.93. The molecule has 0 aliphatic rings. The first-order chi connectivity index (χ1) is 9.80. The quantitative estimate of drug-likeness (QED) is 0.499. The van der Waals surface area contributed by atoms with Crippen molar-refractivity contribution in [1.29, 1.82) is 0 Å². The first-order valence-electron chi connectivity index (χ1n) is 6.54. The van der Waals surface area contributed by atoms with Crippen LogP contribution in [0.2, 0.25) is 0 Å². The maximum Gasteiger partial charge on any atom is 0.120 e. The molecule has 0 saturated heterocycles. The average molecular weight is 286 g/mol. The molecule has 0 spiro atoms. The van der Waals surface area contributed by atoms with Crippen LogP contribution in [-0.2, 0) is 22.7 Å². The highest BCUT2D eigenvalue weighted by atomic mass is 16.5. The fourth-order valence-corrected chi connectivity index (χ4v) is 1.63. The van der Waals surface area contributed by atoms with Gasteiger partial charge in [-0.1, -0.05) is 6.07 Å². The van der Waals surface area contributed by atoms with Crippen LogP contribution in [0.4, 0.5) is 0 Å². The van der Waals surface area contributed by atoms with Crippen molar-refractivity contribution in [2.75, 3.05) is 39.6 Å². The molecule has 0 fully saturated rings. The van der Waals surface area contributed by atoms with Crippen molar-refractivity contribution in [1.82, 2.24) is 0 Å². The highest BCUT2D eigenvalue weighted by molar-refractivity contribution is 5.34. The third kappa shape index (κ3) is 6.83. The van der Waals surface area contributed by atoms with Gasteiger partial charge in [0.15, 0.2) is 0 Å². The van der Waals surface area contributed by atoms with E-state index in [0.29, 0.717) is 32.2 Å². The zero-order valence-electron chi connectivity index (χ0n) is 11.5. The Balaban J connectivity index is 2.49. The standard InChI is InChI=1S/C14H22O6/c15-1-3-18-5-6-20-14-8-12(10-17)7-13(9-14)11-19-4-2-16/h7-9,15-17H,1-6,10-11H2. The van der Waals surface area contributed by atoms with Crippen molar-refractivity contribution in [3.8, 4) is 5.75 Å². The summed E-state index contributed by atoms with van der Waals surface area (Å²) in [5, 5.41) is 26.4. The summed E-state index contributed by atoms with van der Waals surface area (Å²) in [6, 6.07) is 5.40. The fraction of sp³-hybridized carbons (Fsp3) is 0.571. The van der Waals surface area contributed by atoms with Crippen molar-refractivity contribution >= 4 is 0 Å². The molecule has 0 bridgehead atoms. The SMILES string of the molecule is OCCOCCOc1cc(CO)cc(COCCO)c1. The summed E-state index contributed by atoms with van der Waals surface area (Å²) < 4.78 is 15.9. The van der Waals surface area contributed by atoms with Gasteiger partial charge < -0.3 is 29.5 Å². The molecular weight excluding hydrogens is 264 g/mol. The second kappa shape index (κ2) is 10.6. The molecule has 6 heteroatoms. The van der Waals surface area contributed by atoms with E-state index in [9.17, 15) is 5.11 Å². The van der Waals surface area contributed by atoms with Crippen LogP contribution in [0.15, 0.2) is 18.2 Å². The van der Waals surface area contributed by atoms with Gasteiger partial charge in [-0.3, -0.25) is 0 Å². The minimum Gasteiger partial charge on any atom is -0.491 e. The average Bonchev–Trinajstić information content (AvgIpc) is 2.47.